The molecule has 1 fully saturated rings. The van der Waals surface area contributed by atoms with Crippen molar-refractivity contribution in [2.45, 2.75) is 76.5 Å². The molecule has 11 N–H and O–H groups in total. The smallest absolute Gasteiger partial charge is 0.326 e. The summed E-state index contributed by atoms with van der Waals surface area (Å²) < 4.78 is 0. The molecule has 5 atom stereocenters. The standard InChI is InChI=1S/C21H38N8O6/c1-3-11(2)16(28-17(31)12(22)6-4-8-26-21(24)25)19(33)29-9-5-7-14(29)18(32)27-13(20(34)35)10-15(23)30/h11-14,16H,3-10,22H2,1-2H3,(H2,23,30)(H,27,32)(H,28,31)(H,34,35)(H4,24,25,26). The molecule has 0 aromatic carbocycles. The third-order valence-electron chi connectivity index (χ3n) is 5.94. The van der Waals surface area contributed by atoms with Gasteiger partial charge >= 0.3 is 5.97 Å². The summed E-state index contributed by atoms with van der Waals surface area (Å²) in [7, 11) is 0. The van der Waals surface area contributed by atoms with Crippen LogP contribution >= 0.6 is 0 Å². The maximum absolute atomic E-state index is 13.4. The molecule has 14 nitrogen and oxygen atoms in total. The van der Waals surface area contributed by atoms with Gasteiger partial charge in [-0.05, 0) is 31.6 Å². The number of hydrogen-bond donors (Lipinski definition) is 7. The van der Waals surface area contributed by atoms with Gasteiger partial charge in [-0.2, -0.15) is 0 Å². The van der Waals surface area contributed by atoms with E-state index in [2.05, 4.69) is 15.6 Å². The maximum Gasteiger partial charge on any atom is 0.326 e. The SMILES string of the molecule is CCC(C)C(NC(=O)C(N)CCCN=C(N)N)C(=O)N1CCCC1C(=O)NC(CC(N)=O)C(=O)O. The highest BCUT2D eigenvalue weighted by Crippen LogP contribution is 2.22. The molecule has 1 saturated heterocycles. The predicted octanol–water partition coefficient (Wildman–Crippen LogP) is -2.67. The van der Waals surface area contributed by atoms with E-state index >= 15 is 0 Å². The van der Waals surface area contributed by atoms with Gasteiger partial charge in [-0.15, -0.1) is 0 Å². The van der Waals surface area contributed by atoms with Crippen molar-refractivity contribution >= 4 is 35.6 Å². The molecule has 4 amide bonds. The summed E-state index contributed by atoms with van der Waals surface area (Å²) in [6.45, 7) is 4.24. The first-order valence-electron chi connectivity index (χ1n) is 11.6. The number of primary amides is 1. The molecule has 1 aliphatic heterocycles. The molecule has 5 unspecified atom stereocenters. The van der Waals surface area contributed by atoms with Crippen LogP contribution in [-0.2, 0) is 24.0 Å². The summed E-state index contributed by atoms with van der Waals surface area (Å²) in [5.74, 6) is -4.28. The summed E-state index contributed by atoms with van der Waals surface area (Å²) in [5, 5.41) is 14.2. The van der Waals surface area contributed by atoms with Gasteiger partial charge in [-0.3, -0.25) is 24.2 Å². The van der Waals surface area contributed by atoms with Crippen molar-refractivity contribution < 1.29 is 29.1 Å². The second kappa shape index (κ2) is 14.1. The zero-order chi connectivity index (χ0) is 26.7. The van der Waals surface area contributed by atoms with Crippen LogP contribution in [0.4, 0.5) is 0 Å². The van der Waals surface area contributed by atoms with E-state index in [1.165, 1.54) is 4.90 Å². The van der Waals surface area contributed by atoms with Crippen molar-refractivity contribution in [1.82, 2.24) is 15.5 Å². The first-order chi connectivity index (χ1) is 16.4. The Morgan fingerprint density at radius 3 is 2.34 bits per heavy atom. The van der Waals surface area contributed by atoms with Crippen LogP contribution in [0.15, 0.2) is 4.99 Å². The van der Waals surface area contributed by atoms with E-state index in [9.17, 15) is 29.1 Å². The highest BCUT2D eigenvalue weighted by molar-refractivity contribution is 5.95. The van der Waals surface area contributed by atoms with Crippen molar-refractivity contribution in [1.29, 1.82) is 0 Å². The Morgan fingerprint density at radius 1 is 1.14 bits per heavy atom. The molecule has 35 heavy (non-hydrogen) atoms. The normalized spacial score (nSPS) is 18.6. The van der Waals surface area contributed by atoms with Gasteiger partial charge < -0.3 is 43.6 Å². The number of carboxylic acid groups (broad SMARTS) is 1. The quantitative estimate of drug-likeness (QED) is 0.0748. The number of nitrogens with zero attached hydrogens (tertiary/aromatic N) is 2. The van der Waals surface area contributed by atoms with Crippen molar-refractivity contribution in [2.75, 3.05) is 13.1 Å². The second-order valence-electron chi connectivity index (χ2n) is 8.69. The minimum atomic E-state index is -1.50. The Hall–Kier alpha value is -3.42. The molecule has 0 radical (unpaired) electrons. The van der Waals surface area contributed by atoms with Crippen molar-refractivity contribution in [3.05, 3.63) is 0 Å². The number of aliphatic imine (C=N–C) groups is 1. The van der Waals surface area contributed by atoms with Crippen LogP contribution in [0.1, 0.15) is 52.4 Å². The number of likely N-dealkylation sites (tertiary alicyclic amines) is 1. The molecule has 14 heteroatoms. The van der Waals surface area contributed by atoms with Gasteiger partial charge in [0, 0.05) is 13.1 Å². The zero-order valence-electron chi connectivity index (χ0n) is 20.2. The van der Waals surface area contributed by atoms with Crippen molar-refractivity contribution in [3.8, 4) is 0 Å². The summed E-state index contributed by atoms with van der Waals surface area (Å²) >= 11 is 0. The minimum Gasteiger partial charge on any atom is -0.480 e. The lowest BCUT2D eigenvalue weighted by molar-refractivity contribution is -0.146. The number of nitrogens with two attached hydrogens (primary N) is 4. The molecule has 1 rings (SSSR count). The van der Waals surface area contributed by atoms with E-state index in [0.29, 0.717) is 38.6 Å². The maximum atomic E-state index is 13.4. The fourth-order valence-corrected chi connectivity index (χ4v) is 3.74. The number of amides is 4. The summed E-state index contributed by atoms with van der Waals surface area (Å²) in [4.78, 5) is 66.5. The van der Waals surface area contributed by atoms with Crippen molar-refractivity contribution in [3.63, 3.8) is 0 Å². The van der Waals surface area contributed by atoms with Crippen LogP contribution in [0.5, 0.6) is 0 Å². The van der Waals surface area contributed by atoms with Gasteiger partial charge in [0.1, 0.15) is 18.1 Å². The molecule has 0 aromatic rings. The number of carbonyl (C=O) groups is 5. The fourth-order valence-electron chi connectivity index (χ4n) is 3.74. The minimum absolute atomic E-state index is 0.0565. The Labute approximate surface area is 204 Å². The predicted molar refractivity (Wildman–Crippen MR) is 127 cm³/mol. The summed E-state index contributed by atoms with van der Waals surface area (Å²) in [6, 6.07) is -4.24. The molecular formula is C21H38N8O6. The van der Waals surface area contributed by atoms with E-state index in [-0.39, 0.29) is 18.4 Å². The van der Waals surface area contributed by atoms with Gasteiger partial charge in [0.15, 0.2) is 5.96 Å². The van der Waals surface area contributed by atoms with Crippen LogP contribution < -0.4 is 33.6 Å². The largest absolute Gasteiger partial charge is 0.480 e. The van der Waals surface area contributed by atoms with E-state index in [0.717, 1.165) is 0 Å². The molecule has 0 aromatic heterocycles. The highest BCUT2D eigenvalue weighted by Gasteiger charge is 2.40. The van der Waals surface area contributed by atoms with Crippen LogP contribution in [0.25, 0.3) is 0 Å². The Kier molecular flexibility index (Phi) is 11.9. The average molecular weight is 499 g/mol. The summed E-state index contributed by atoms with van der Waals surface area (Å²) in [5.41, 5.74) is 21.6. The van der Waals surface area contributed by atoms with E-state index in [1.807, 2.05) is 6.92 Å². The lowest BCUT2D eigenvalue weighted by Crippen LogP contribution is -2.58. The molecule has 0 aliphatic carbocycles. The van der Waals surface area contributed by atoms with Crippen molar-refractivity contribution in [2.24, 2.45) is 33.8 Å². The van der Waals surface area contributed by atoms with E-state index in [1.54, 1.807) is 6.92 Å². The molecular weight excluding hydrogens is 460 g/mol. The number of nitrogens with one attached hydrogen (secondary N) is 2. The van der Waals surface area contributed by atoms with Gasteiger partial charge in [0.25, 0.3) is 0 Å². The van der Waals surface area contributed by atoms with E-state index < -0.39 is 60.2 Å². The van der Waals surface area contributed by atoms with Gasteiger partial charge in [0.2, 0.25) is 23.6 Å². The number of guanidine groups is 1. The van der Waals surface area contributed by atoms with Crippen LogP contribution in [0, 0.1) is 5.92 Å². The molecule has 0 spiro atoms. The van der Waals surface area contributed by atoms with Gasteiger partial charge in [0.05, 0.1) is 12.5 Å². The van der Waals surface area contributed by atoms with Crippen LogP contribution in [0.3, 0.4) is 0 Å². The third kappa shape index (κ3) is 9.39. The Bertz CT molecular complexity index is 816. The fraction of sp³-hybridized carbons (Fsp3) is 0.714. The van der Waals surface area contributed by atoms with Gasteiger partial charge in [-0.25, -0.2) is 4.79 Å². The third-order valence-corrected chi connectivity index (χ3v) is 5.94. The first kappa shape index (κ1) is 29.6. The average Bonchev–Trinajstić information content (AvgIpc) is 3.28. The number of carboxylic acids is 1. The number of rotatable bonds is 14. The zero-order valence-corrected chi connectivity index (χ0v) is 20.2. The Balaban J connectivity index is 2.90. The lowest BCUT2D eigenvalue weighted by atomic mass is 9.96. The van der Waals surface area contributed by atoms with Gasteiger partial charge in [-0.1, -0.05) is 20.3 Å². The number of carbonyl (C=O) groups excluding carboxylic acids is 4. The molecule has 1 aliphatic rings. The highest BCUT2D eigenvalue weighted by atomic mass is 16.4. The monoisotopic (exact) mass is 498 g/mol. The lowest BCUT2D eigenvalue weighted by Gasteiger charge is -2.32. The van der Waals surface area contributed by atoms with Crippen LogP contribution in [-0.4, -0.2) is 82.8 Å². The first-order valence-corrected chi connectivity index (χ1v) is 11.6. The van der Waals surface area contributed by atoms with E-state index in [4.69, 9.17) is 22.9 Å². The molecule has 0 bridgehead atoms. The van der Waals surface area contributed by atoms with Crippen LogP contribution in [0.2, 0.25) is 0 Å². The molecule has 198 valence electrons. The topological polar surface area (TPSA) is 249 Å². The molecule has 0 saturated carbocycles. The number of aliphatic carboxylic acids is 1. The second-order valence-corrected chi connectivity index (χ2v) is 8.69. The molecule has 1 heterocycles. The number of hydrogen-bond acceptors (Lipinski definition) is 7. The Morgan fingerprint density at radius 2 is 1.80 bits per heavy atom. The summed E-state index contributed by atoms with van der Waals surface area (Å²) in [6.07, 6.45) is 1.60.